The van der Waals surface area contributed by atoms with Gasteiger partial charge in [0.05, 0.1) is 6.20 Å². The fraction of sp³-hybridized carbons (Fsp3) is 0.250. The van der Waals surface area contributed by atoms with Crippen molar-refractivity contribution in [1.29, 1.82) is 0 Å². The van der Waals surface area contributed by atoms with Gasteiger partial charge in [-0.2, -0.15) is 5.10 Å². The molecular weight excluding hydrogens is 250 g/mol. The highest BCUT2D eigenvalue weighted by Crippen LogP contribution is 2.18. The molecule has 0 radical (unpaired) electrons. The van der Waals surface area contributed by atoms with Crippen LogP contribution >= 0.6 is 0 Å². The van der Waals surface area contributed by atoms with E-state index < -0.39 is 24.6 Å². The average Bonchev–Trinajstić information content (AvgIpc) is 2.64. The second kappa shape index (κ2) is 3.96. The van der Waals surface area contributed by atoms with Crippen molar-refractivity contribution in [3.05, 3.63) is 28.6 Å². The molecule has 0 aliphatic rings. The summed E-state index contributed by atoms with van der Waals surface area (Å²) in [6.45, 7) is -3.02. The number of halogens is 3. The first-order valence-corrected chi connectivity index (χ1v) is 4.94. The van der Waals surface area contributed by atoms with Crippen LogP contribution in [-0.2, 0) is 13.6 Å². The van der Waals surface area contributed by atoms with Crippen molar-refractivity contribution in [2.75, 3.05) is 0 Å². The van der Waals surface area contributed by atoms with E-state index in [1.807, 2.05) is 0 Å². The lowest BCUT2D eigenvalue weighted by molar-refractivity contribution is 0.474. The van der Waals surface area contributed by atoms with E-state index in [4.69, 9.17) is 0 Å². The second-order valence-corrected chi connectivity index (χ2v) is 3.79. The molecule has 0 fully saturated rings. The van der Waals surface area contributed by atoms with E-state index in [-0.39, 0.29) is 11.0 Å². The monoisotopic (exact) mass is 258 g/mol. The van der Waals surface area contributed by atoms with E-state index in [1.54, 1.807) is 7.05 Å². The molecule has 0 spiro atoms. The third-order valence-corrected chi connectivity index (χ3v) is 2.44. The van der Waals surface area contributed by atoms with E-state index >= 15 is 0 Å². The molecule has 0 aliphatic carbocycles. The van der Waals surface area contributed by atoms with Gasteiger partial charge in [0.25, 0.3) is 5.56 Å². The summed E-state index contributed by atoms with van der Waals surface area (Å²) in [7, 11) is 1.55. The Morgan fingerprint density at radius 3 is 2.78 bits per heavy atom. The lowest BCUT2D eigenvalue weighted by Gasteiger charge is -2.17. The van der Waals surface area contributed by atoms with Crippen LogP contribution in [0.15, 0.2) is 23.0 Å². The molecule has 2 heterocycles. The van der Waals surface area contributed by atoms with Crippen LogP contribution in [-0.4, -0.2) is 31.8 Å². The number of aryl methyl sites for hydroxylation is 1. The zero-order valence-corrected chi connectivity index (χ0v) is 9.35. The number of nitrogens with zero attached hydrogens (tertiary/aromatic N) is 5. The molecule has 0 atom stereocenters. The first-order chi connectivity index (χ1) is 8.30. The molecule has 2 aromatic heterocycles. The van der Waals surface area contributed by atoms with Gasteiger partial charge in [0.2, 0.25) is 0 Å². The first kappa shape index (κ1) is 12.3. The quantitative estimate of drug-likeness (QED) is 0.750. The minimum atomic E-state index is -5.20. The Hall–Kier alpha value is -2.13. The van der Waals surface area contributed by atoms with Crippen LogP contribution in [0.25, 0.3) is 11.0 Å². The van der Waals surface area contributed by atoms with E-state index in [0.29, 0.717) is 4.68 Å². The molecule has 96 valence electrons. The minimum Gasteiger partial charge on any atom is -0.445 e. The Morgan fingerprint density at radius 2 is 2.17 bits per heavy atom. The SMILES string of the molecule is C=C(Cn1nnc2c(cnn2C)c1=O)[B-](F)(F)F. The summed E-state index contributed by atoms with van der Waals surface area (Å²) in [6.07, 6.45) is 1.24. The molecule has 0 unspecified atom stereocenters. The Labute approximate surface area is 98.8 Å². The van der Waals surface area contributed by atoms with Gasteiger partial charge in [-0.15, -0.1) is 17.2 Å². The number of hydrogen-bond donors (Lipinski definition) is 0. The van der Waals surface area contributed by atoms with Crippen LogP contribution in [0, 0.1) is 0 Å². The van der Waals surface area contributed by atoms with Crippen LogP contribution in [0.4, 0.5) is 12.9 Å². The van der Waals surface area contributed by atoms with E-state index in [2.05, 4.69) is 22.0 Å². The lowest BCUT2D eigenvalue weighted by atomic mass is 9.80. The van der Waals surface area contributed by atoms with E-state index in [1.165, 1.54) is 10.9 Å². The van der Waals surface area contributed by atoms with Crippen molar-refractivity contribution >= 4 is 18.0 Å². The predicted molar refractivity (Wildman–Crippen MR) is 58.8 cm³/mol. The maximum Gasteiger partial charge on any atom is 0.506 e. The predicted octanol–water partition coefficient (Wildman–Crippen LogP) is 0.468. The molecular formula is C8H8BF3N5O-. The normalized spacial score (nSPS) is 12.0. The number of fused-ring (bicyclic) bond motifs is 1. The first-order valence-electron chi connectivity index (χ1n) is 4.94. The molecule has 0 saturated carbocycles. The summed E-state index contributed by atoms with van der Waals surface area (Å²) in [4.78, 5) is 11.8. The van der Waals surface area contributed by atoms with Crippen LogP contribution in [0.3, 0.4) is 0 Å². The number of rotatable bonds is 3. The van der Waals surface area contributed by atoms with E-state index in [9.17, 15) is 17.7 Å². The molecule has 0 amide bonds. The van der Waals surface area contributed by atoms with Crippen molar-refractivity contribution in [3.8, 4) is 0 Å². The van der Waals surface area contributed by atoms with Gasteiger partial charge in [-0.05, 0) is 0 Å². The maximum atomic E-state index is 12.4. The molecule has 0 saturated heterocycles. The van der Waals surface area contributed by atoms with Gasteiger partial charge in [0, 0.05) is 13.6 Å². The second-order valence-electron chi connectivity index (χ2n) is 3.79. The van der Waals surface area contributed by atoms with Gasteiger partial charge < -0.3 is 12.9 Å². The molecule has 0 aliphatic heterocycles. The molecule has 6 nitrogen and oxygen atoms in total. The molecule has 10 heteroatoms. The maximum absolute atomic E-state index is 12.4. The van der Waals surface area contributed by atoms with Gasteiger partial charge in [-0.25, -0.2) is 9.36 Å². The number of hydrogen-bond acceptors (Lipinski definition) is 4. The smallest absolute Gasteiger partial charge is 0.445 e. The number of aromatic nitrogens is 5. The highest BCUT2D eigenvalue weighted by molar-refractivity contribution is 6.66. The van der Waals surface area contributed by atoms with Gasteiger partial charge >= 0.3 is 6.98 Å². The average molecular weight is 258 g/mol. The summed E-state index contributed by atoms with van der Waals surface area (Å²) >= 11 is 0. The molecule has 2 aromatic rings. The van der Waals surface area contributed by atoms with Gasteiger partial charge in [0.15, 0.2) is 5.65 Å². The van der Waals surface area contributed by atoms with Crippen LogP contribution in [0.2, 0.25) is 0 Å². The largest absolute Gasteiger partial charge is 0.506 e. The van der Waals surface area contributed by atoms with E-state index in [0.717, 1.165) is 0 Å². The Balaban J connectivity index is 2.45. The summed E-state index contributed by atoms with van der Waals surface area (Å²) in [6, 6.07) is 0. The standard InChI is InChI=1S/C8H8BF3N5O/c1-5(9(10,11)12)4-17-8(18)6-3-13-16(2)7(6)14-15-17/h3H,1,4H2,2H3/q-1. The van der Waals surface area contributed by atoms with Crippen LogP contribution in [0.1, 0.15) is 0 Å². The molecule has 2 rings (SSSR count). The Bertz CT molecular complexity index is 673. The molecule has 18 heavy (non-hydrogen) atoms. The highest BCUT2D eigenvalue weighted by Gasteiger charge is 2.27. The topological polar surface area (TPSA) is 65.6 Å². The summed E-state index contributed by atoms with van der Waals surface area (Å²) in [5.41, 5.74) is -1.46. The third-order valence-electron chi connectivity index (χ3n) is 2.44. The van der Waals surface area contributed by atoms with Crippen LogP contribution in [0.5, 0.6) is 0 Å². The zero-order valence-electron chi connectivity index (χ0n) is 9.35. The van der Waals surface area contributed by atoms with Gasteiger partial charge in [0.1, 0.15) is 5.39 Å². The summed E-state index contributed by atoms with van der Waals surface area (Å²) in [5, 5.41) is 11.0. The molecule has 0 N–H and O–H groups in total. The number of allylic oxidation sites excluding steroid dienone is 1. The van der Waals surface area contributed by atoms with Crippen molar-refractivity contribution in [3.63, 3.8) is 0 Å². The highest BCUT2D eigenvalue weighted by atomic mass is 19.4. The summed E-state index contributed by atoms with van der Waals surface area (Å²) < 4.78 is 39.0. The Morgan fingerprint density at radius 1 is 1.50 bits per heavy atom. The van der Waals surface area contributed by atoms with Crippen molar-refractivity contribution in [2.45, 2.75) is 6.54 Å². The Kier molecular flexibility index (Phi) is 2.72. The zero-order chi connectivity index (χ0) is 13.5. The molecule has 0 bridgehead atoms. The fourth-order valence-electron chi connectivity index (χ4n) is 1.38. The fourth-order valence-corrected chi connectivity index (χ4v) is 1.38. The van der Waals surface area contributed by atoms with Crippen molar-refractivity contribution in [1.82, 2.24) is 24.8 Å². The van der Waals surface area contributed by atoms with Crippen molar-refractivity contribution in [2.24, 2.45) is 7.05 Å². The lowest BCUT2D eigenvalue weighted by Crippen LogP contribution is -2.30. The van der Waals surface area contributed by atoms with Gasteiger partial charge in [-0.3, -0.25) is 4.79 Å². The molecule has 0 aromatic carbocycles. The summed E-state index contributed by atoms with van der Waals surface area (Å²) in [5.74, 6) is 0. The van der Waals surface area contributed by atoms with Crippen LogP contribution < -0.4 is 5.56 Å². The minimum absolute atomic E-state index is 0.120. The van der Waals surface area contributed by atoms with Crippen molar-refractivity contribution < 1.29 is 12.9 Å². The van der Waals surface area contributed by atoms with Gasteiger partial charge in [-0.1, -0.05) is 5.21 Å². The third kappa shape index (κ3) is 2.00.